The zero-order valence-electron chi connectivity index (χ0n) is 15.3. The monoisotopic (exact) mass is 398 g/mol. The molecule has 0 unspecified atom stereocenters. The second-order valence-electron chi connectivity index (χ2n) is 6.63. The summed E-state index contributed by atoms with van der Waals surface area (Å²) in [4.78, 5) is 13.4. The van der Waals surface area contributed by atoms with Crippen LogP contribution < -0.4 is 9.64 Å². The smallest absolute Gasteiger partial charge is 0.263 e. The number of hydrogen-bond acceptors (Lipinski definition) is 5. The van der Waals surface area contributed by atoms with Crippen molar-refractivity contribution in [1.82, 2.24) is 14.9 Å². The number of halogens is 2. The highest BCUT2D eigenvalue weighted by atomic mass is 35.5. The minimum atomic E-state index is -0.302. The maximum Gasteiger partial charge on any atom is 0.263 e. The van der Waals surface area contributed by atoms with Crippen LogP contribution in [-0.4, -0.2) is 41.0 Å². The third-order valence-electron chi connectivity index (χ3n) is 4.67. The third-order valence-corrected chi connectivity index (χ3v) is 4.92. The fourth-order valence-corrected chi connectivity index (χ4v) is 3.31. The zero-order chi connectivity index (χ0) is 19.3. The van der Waals surface area contributed by atoms with E-state index in [-0.39, 0.29) is 5.82 Å². The third kappa shape index (κ3) is 4.58. The van der Waals surface area contributed by atoms with Crippen molar-refractivity contribution in [2.45, 2.75) is 6.54 Å². The van der Waals surface area contributed by atoms with Gasteiger partial charge in [-0.25, -0.2) is 14.4 Å². The molecular weight excluding hydrogens is 379 g/mol. The van der Waals surface area contributed by atoms with Gasteiger partial charge in [-0.05, 0) is 42.0 Å². The second kappa shape index (κ2) is 8.54. The fourth-order valence-electron chi connectivity index (χ4n) is 3.19. The molecule has 0 saturated carbocycles. The summed E-state index contributed by atoms with van der Waals surface area (Å²) in [5, 5.41) is 0.755. The minimum Gasteiger partial charge on any atom is -0.436 e. The van der Waals surface area contributed by atoms with E-state index < -0.39 is 0 Å². The Morgan fingerprint density at radius 2 is 1.57 bits per heavy atom. The molecule has 0 atom stereocenters. The number of benzene rings is 2. The first-order valence-corrected chi connectivity index (χ1v) is 9.51. The molecule has 1 aliphatic rings. The Bertz CT molecular complexity index is 912. The van der Waals surface area contributed by atoms with Gasteiger partial charge >= 0.3 is 0 Å². The summed E-state index contributed by atoms with van der Waals surface area (Å²) in [6, 6.07) is 13.9. The van der Waals surface area contributed by atoms with Gasteiger partial charge < -0.3 is 9.64 Å². The van der Waals surface area contributed by atoms with Gasteiger partial charge in [-0.15, -0.1) is 0 Å². The maximum atomic E-state index is 13.1. The Kier molecular flexibility index (Phi) is 5.69. The fraction of sp³-hybridized carbons (Fsp3) is 0.238. The molecule has 4 rings (SSSR count). The van der Waals surface area contributed by atoms with Crippen LogP contribution in [0.25, 0.3) is 0 Å². The predicted molar refractivity (Wildman–Crippen MR) is 107 cm³/mol. The minimum absolute atomic E-state index is 0.302. The van der Waals surface area contributed by atoms with Crippen LogP contribution in [0.4, 0.5) is 10.2 Å². The van der Waals surface area contributed by atoms with E-state index >= 15 is 0 Å². The zero-order valence-corrected chi connectivity index (χ0v) is 16.0. The Morgan fingerprint density at radius 3 is 2.29 bits per heavy atom. The number of ether oxygens (including phenoxy) is 1. The van der Waals surface area contributed by atoms with Gasteiger partial charge in [-0.1, -0.05) is 23.7 Å². The van der Waals surface area contributed by atoms with E-state index in [1.165, 1.54) is 17.7 Å². The van der Waals surface area contributed by atoms with Crippen LogP contribution in [-0.2, 0) is 6.54 Å². The molecule has 3 aromatic rings. The van der Waals surface area contributed by atoms with Crippen LogP contribution in [0.15, 0.2) is 60.9 Å². The molecule has 0 amide bonds. The van der Waals surface area contributed by atoms with Crippen molar-refractivity contribution in [3.05, 3.63) is 77.3 Å². The quantitative estimate of drug-likeness (QED) is 0.637. The van der Waals surface area contributed by atoms with Crippen molar-refractivity contribution < 1.29 is 9.13 Å². The van der Waals surface area contributed by atoms with Gasteiger partial charge in [0.1, 0.15) is 11.6 Å². The lowest BCUT2D eigenvalue weighted by molar-refractivity contribution is 0.248. The standard InChI is InChI=1S/C21H20ClFN4O/c22-17-3-1-16(2-4-17)15-26-11-13-27(14-12-26)20-21(25-10-9-24-20)28-19-7-5-18(23)6-8-19/h1-10H,11-15H2. The lowest BCUT2D eigenvalue weighted by atomic mass is 10.2. The summed E-state index contributed by atoms with van der Waals surface area (Å²) in [5.74, 6) is 1.37. The Balaban J connectivity index is 1.40. The Hall–Kier alpha value is -2.70. The number of anilines is 1. The molecule has 0 radical (unpaired) electrons. The van der Waals surface area contributed by atoms with Crippen LogP contribution in [0.2, 0.25) is 5.02 Å². The number of nitrogens with zero attached hydrogens (tertiary/aromatic N) is 4. The van der Waals surface area contributed by atoms with E-state index in [1.807, 2.05) is 12.1 Å². The second-order valence-corrected chi connectivity index (χ2v) is 7.07. The van der Waals surface area contributed by atoms with E-state index in [9.17, 15) is 4.39 Å². The molecule has 0 spiro atoms. The van der Waals surface area contributed by atoms with Crippen LogP contribution in [0.3, 0.4) is 0 Å². The summed E-state index contributed by atoms with van der Waals surface area (Å²) in [6.45, 7) is 4.37. The average molecular weight is 399 g/mol. The van der Waals surface area contributed by atoms with Crippen molar-refractivity contribution in [3.63, 3.8) is 0 Å². The molecule has 2 heterocycles. The molecule has 0 N–H and O–H groups in total. The number of aromatic nitrogens is 2. The highest BCUT2D eigenvalue weighted by Gasteiger charge is 2.22. The first-order chi connectivity index (χ1) is 13.7. The number of piperazine rings is 1. The van der Waals surface area contributed by atoms with Crippen molar-refractivity contribution in [2.75, 3.05) is 31.1 Å². The lowest BCUT2D eigenvalue weighted by Crippen LogP contribution is -2.46. The summed E-state index contributed by atoms with van der Waals surface area (Å²) in [7, 11) is 0. The summed E-state index contributed by atoms with van der Waals surface area (Å²) in [6.07, 6.45) is 3.26. The highest BCUT2D eigenvalue weighted by molar-refractivity contribution is 6.30. The van der Waals surface area contributed by atoms with E-state index in [1.54, 1.807) is 24.5 Å². The van der Waals surface area contributed by atoms with Crippen molar-refractivity contribution in [1.29, 1.82) is 0 Å². The van der Waals surface area contributed by atoms with Gasteiger partial charge in [0, 0.05) is 50.1 Å². The van der Waals surface area contributed by atoms with Crippen LogP contribution in [0.5, 0.6) is 11.6 Å². The normalized spacial score (nSPS) is 14.9. The van der Waals surface area contributed by atoms with E-state index in [0.717, 1.165) is 37.7 Å². The molecule has 28 heavy (non-hydrogen) atoms. The van der Waals surface area contributed by atoms with E-state index in [2.05, 4.69) is 31.9 Å². The number of hydrogen-bond donors (Lipinski definition) is 0. The Morgan fingerprint density at radius 1 is 0.893 bits per heavy atom. The molecular formula is C21H20ClFN4O. The molecule has 5 nitrogen and oxygen atoms in total. The van der Waals surface area contributed by atoms with Crippen LogP contribution in [0.1, 0.15) is 5.56 Å². The molecule has 0 bridgehead atoms. The SMILES string of the molecule is Fc1ccc(Oc2nccnc2N2CCN(Cc3ccc(Cl)cc3)CC2)cc1. The topological polar surface area (TPSA) is 41.5 Å². The molecule has 0 aliphatic carbocycles. The molecule has 1 fully saturated rings. The van der Waals surface area contributed by atoms with Gasteiger partial charge in [0.15, 0.2) is 5.82 Å². The van der Waals surface area contributed by atoms with Gasteiger partial charge in [0.2, 0.25) is 0 Å². The van der Waals surface area contributed by atoms with Crippen molar-refractivity contribution in [2.24, 2.45) is 0 Å². The molecule has 144 valence electrons. The largest absolute Gasteiger partial charge is 0.436 e. The van der Waals surface area contributed by atoms with Gasteiger partial charge in [0.05, 0.1) is 0 Å². The molecule has 1 aromatic heterocycles. The first kappa shape index (κ1) is 18.7. The molecule has 1 saturated heterocycles. The van der Waals surface area contributed by atoms with Crippen molar-refractivity contribution >= 4 is 17.4 Å². The van der Waals surface area contributed by atoms with Crippen LogP contribution >= 0.6 is 11.6 Å². The molecule has 1 aliphatic heterocycles. The van der Waals surface area contributed by atoms with Gasteiger partial charge in [-0.2, -0.15) is 0 Å². The van der Waals surface area contributed by atoms with Gasteiger partial charge in [-0.3, -0.25) is 4.90 Å². The number of rotatable bonds is 5. The predicted octanol–water partition coefficient (Wildman–Crippen LogP) is 4.38. The van der Waals surface area contributed by atoms with Crippen LogP contribution in [0, 0.1) is 5.82 Å². The molecule has 2 aromatic carbocycles. The first-order valence-electron chi connectivity index (χ1n) is 9.13. The summed E-state index contributed by atoms with van der Waals surface area (Å²) < 4.78 is 18.9. The maximum absolute atomic E-state index is 13.1. The summed E-state index contributed by atoms with van der Waals surface area (Å²) >= 11 is 5.96. The molecule has 7 heteroatoms. The van der Waals surface area contributed by atoms with Gasteiger partial charge in [0.25, 0.3) is 5.88 Å². The average Bonchev–Trinajstić information content (AvgIpc) is 2.73. The van der Waals surface area contributed by atoms with E-state index in [4.69, 9.17) is 16.3 Å². The summed E-state index contributed by atoms with van der Waals surface area (Å²) in [5.41, 5.74) is 1.25. The van der Waals surface area contributed by atoms with Crippen molar-refractivity contribution in [3.8, 4) is 11.6 Å². The Labute approximate surface area is 168 Å². The van der Waals surface area contributed by atoms with E-state index in [0.29, 0.717) is 17.4 Å². The lowest BCUT2D eigenvalue weighted by Gasteiger charge is -2.35. The highest BCUT2D eigenvalue weighted by Crippen LogP contribution is 2.28.